The summed E-state index contributed by atoms with van der Waals surface area (Å²) in [5, 5.41) is 0. The van der Waals surface area contributed by atoms with E-state index in [4.69, 9.17) is 0 Å². The smallest absolute Gasteiger partial charge is 0.0416 e. The van der Waals surface area contributed by atoms with Gasteiger partial charge in [-0.25, -0.2) is 0 Å². The van der Waals surface area contributed by atoms with Crippen LogP contribution in [0, 0.1) is 0 Å². The predicted octanol–water partition coefficient (Wildman–Crippen LogP) is 2.99. The Hall–Kier alpha value is -0.890. The number of rotatable bonds is 5. The van der Waals surface area contributed by atoms with Gasteiger partial charge in [-0.3, -0.25) is 4.98 Å². The largest absolute Gasteiger partial charge is 0.306 e. The van der Waals surface area contributed by atoms with E-state index in [2.05, 4.69) is 29.9 Å². The Morgan fingerprint density at radius 3 is 2.47 bits per heavy atom. The van der Waals surface area contributed by atoms with Gasteiger partial charge in [0.1, 0.15) is 0 Å². The van der Waals surface area contributed by atoms with Gasteiger partial charge in [0.15, 0.2) is 0 Å². The van der Waals surface area contributed by atoms with Crippen molar-refractivity contribution < 1.29 is 0 Å². The molecule has 0 aliphatic heterocycles. The van der Waals surface area contributed by atoms with E-state index in [-0.39, 0.29) is 0 Å². The number of likely N-dealkylation sites (N-methyl/N-ethyl adjacent to an activating group) is 1. The normalized spacial score (nSPS) is 9.67. The molecular weight excluding hydrogens is 184 g/mol. The van der Waals surface area contributed by atoms with Gasteiger partial charge in [0.05, 0.1) is 0 Å². The van der Waals surface area contributed by atoms with Crippen LogP contribution in [0.3, 0.4) is 0 Å². The monoisotopic (exact) mass is 208 g/mol. The Bertz CT molecular complexity index is 221. The highest BCUT2D eigenvalue weighted by atomic mass is 15.1. The lowest BCUT2D eigenvalue weighted by atomic mass is 10.2. The van der Waals surface area contributed by atoms with Crippen LogP contribution in [0.2, 0.25) is 0 Å². The summed E-state index contributed by atoms with van der Waals surface area (Å²) in [6, 6.07) is 6.08. The lowest BCUT2D eigenvalue weighted by molar-refractivity contribution is 0.338. The molecule has 2 heteroatoms. The van der Waals surface area contributed by atoms with Crippen LogP contribution in [0.25, 0.3) is 0 Å². The van der Waals surface area contributed by atoms with Crippen LogP contribution in [0.4, 0.5) is 0 Å². The molecule has 1 aromatic rings. The quantitative estimate of drug-likeness (QED) is 0.739. The van der Waals surface area contributed by atoms with Crippen LogP contribution in [-0.4, -0.2) is 30.0 Å². The lowest BCUT2D eigenvalue weighted by Gasteiger charge is -2.14. The van der Waals surface area contributed by atoms with Crippen LogP contribution >= 0.6 is 0 Å². The van der Waals surface area contributed by atoms with Crippen molar-refractivity contribution in [3.05, 3.63) is 30.1 Å². The summed E-state index contributed by atoms with van der Waals surface area (Å²) in [6.45, 7) is 8.48. The molecule has 0 unspecified atom stereocenters. The summed E-state index contributed by atoms with van der Waals surface area (Å²) in [6.07, 6.45) is 4.13. The predicted molar refractivity (Wildman–Crippen MR) is 67.1 cm³/mol. The topological polar surface area (TPSA) is 16.1 Å². The second-order valence-electron chi connectivity index (χ2n) is 3.37. The van der Waals surface area contributed by atoms with E-state index in [1.54, 1.807) is 0 Å². The van der Waals surface area contributed by atoms with Crippen molar-refractivity contribution in [2.24, 2.45) is 0 Å². The SMILES string of the molecule is CC.CCCN(C)CCc1ccccn1. The van der Waals surface area contributed by atoms with E-state index in [0.29, 0.717) is 0 Å². The zero-order valence-corrected chi connectivity index (χ0v) is 10.5. The summed E-state index contributed by atoms with van der Waals surface area (Å²) in [4.78, 5) is 6.63. The molecule has 0 aromatic carbocycles. The Kier molecular flexibility index (Phi) is 9.08. The highest BCUT2D eigenvalue weighted by molar-refractivity contribution is 5.03. The van der Waals surface area contributed by atoms with Gasteiger partial charge >= 0.3 is 0 Å². The van der Waals surface area contributed by atoms with Gasteiger partial charge in [-0.15, -0.1) is 0 Å². The number of hydrogen-bond acceptors (Lipinski definition) is 2. The van der Waals surface area contributed by atoms with E-state index < -0.39 is 0 Å². The molecule has 0 aliphatic carbocycles. The third-order valence-corrected chi connectivity index (χ3v) is 2.08. The molecule has 0 fully saturated rings. The second kappa shape index (κ2) is 9.66. The first-order valence-corrected chi connectivity index (χ1v) is 5.91. The van der Waals surface area contributed by atoms with E-state index in [1.165, 1.54) is 18.7 Å². The average molecular weight is 208 g/mol. The number of aromatic nitrogens is 1. The van der Waals surface area contributed by atoms with Gasteiger partial charge in [0, 0.05) is 24.9 Å². The zero-order chi connectivity index (χ0) is 11.5. The first kappa shape index (κ1) is 14.1. The Balaban J connectivity index is 0.000000921. The summed E-state index contributed by atoms with van der Waals surface area (Å²) >= 11 is 0. The Morgan fingerprint density at radius 1 is 1.20 bits per heavy atom. The van der Waals surface area contributed by atoms with E-state index >= 15 is 0 Å². The molecule has 0 aliphatic rings. The van der Waals surface area contributed by atoms with Crippen molar-refractivity contribution in [2.75, 3.05) is 20.1 Å². The number of hydrogen-bond donors (Lipinski definition) is 0. The van der Waals surface area contributed by atoms with Crippen LogP contribution in [0.1, 0.15) is 32.9 Å². The maximum absolute atomic E-state index is 4.28. The van der Waals surface area contributed by atoms with Gasteiger partial charge < -0.3 is 4.90 Å². The van der Waals surface area contributed by atoms with Crippen LogP contribution in [0.15, 0.2) is 24.4 Å². The van der Waals surface area contributed by atoms with E-state index in [9.17, 15) is 0 Å². The van der Waals surface area contributed by atoms with Crippen LogP contribution in [-0.2, 0) is 6.42 Å². The second-order valence-corrected chi connectivity index (χ2v) is 3.37. The molecule has 1 aromatic heterocycles. The Labute approximate surface area is 94.3 Å². The molecule has 0 saturated carbocycles. The summed E-state index contributed by atoms with van der Waals surface area (Å²) in [5.41, 5.74) is 1.19. The summed E-state index contributed by atoms with van der Waals surface area (Å²) in [7, 11) is 2.16. The molecule has 15 heavy (non-hydrogen) atoms. The maximum Gasteiger partial charge on any atom is 0.0416 e. The molecule has 0 atom stereocenters. The molecule has 0 amide bonds. The minimum Gasteiger partial charge on any atom is -0.306 e. The standard InChI is InChI=1S/C11H18N2.C2H6/c1-3-9-13(2)10-7-11-6-4-5-8-12-11;1-2/h4-6,8H,3,7,9-10H2,1-2H3;1-2H3. The molecule has 1 heterocycles. The van der Waals surface area contributed by atoms with Crippen molar-refractivity contribution in [1.29, 1.82) is 0 Å². The molecule has 2 nitrogen and oxygen atoms in total. The zero-order valence-electron chi connectivity index (χ0n) is 10.5. The van der Waals surface area contributed by atoms with Crippen molar-refractivity contribution in [1.82, 2.24) is 9.88 Å². The van der Waals surface area contributed by atoms with Crippen LogP contribution in [0.5, 0.6) is 0 Å². The molecule has 86 valence electrons. The molecule has 0 saturated heterocycles. The Morgan fingerprint density at radius 2 is 1.93 bits per heavy atom. The fraction of sp³-hybridized carbons (Fsp3) is 0.615. The van der Waals surface area contributed by atoms with Crippen molar-refractivity contribution in [2.45, 2.75) is 33.6 Å². The molecule has 0 spiro atoms. The van der Waals surface area contributed by atoms with Crippen molar-refractivity contribution in [3.63, 3.8) is 0 Å². The highest BCUT2D eigenvalue weighted by Gasteiger charge is 1.97. The number of pyridine rings is 1. The van der Waals surface area contributed by atoms with Gasteiger partial charge in [-0.1, -0.05) is 26.8 Å². The minimum atomic E-state index is 1.05. The fourth-order valence-corrected chi connectivity index (χ4v) is 1.34. The van der Waals surface area contributed by atoms with Gasteiger partial charge in [-0.2, -0.15) is 0 Å². The van der Waals surface area contributed by atoms with Crippen molar-refractivity contribution in [3.8, 4) is 0 Å². The summed E-state index contributed by atoms with van der Waals surface area (Å²) < 4.78 is 0. The first-order chi connectivity index (χ1) is 7.33. The molecule has 0 bridgehead atoms. The fourth-order valence-electron chi connectivity index (χ4n) is 1.34. The molecular formula is C13H24N2. The van der Waals surface area contributed by atoms with Gasteiger partial charge in [-0.05, 0) is 32.1 Å². The number of nitrogens with zero attached hydrogens (tertiary/aromatic N) is 2. The molecule has 0 radical (unpaired) electrons. The van der Waals surface area contributed by atoms with Crippen LogP contribution < -0.4 is 0 Å². The minimum absolute atomic E-state index is 1.05. The average Bonchev–Trinajstić information content (AvgIpc) is 2.31. The van der Waals surface area contributed by atoms with Gasteiger partial charge in [0.2, 0.25) is 0 Å². The third kappa shape index (κ3) is 7.09. The third-order valence-electron chi connectivity index (χ3n) is 2.08. The maximum atomic E-state index is 4.28. The van der Waals surface area contributed by atoms with Crippen molar-refractivity contribution >= 4 is 0 Å². The van der Waals surface area contributed by atoms with Gasteiger partial charge in [0.25, 0.3) is 0 Å². The molecule has 1 rings (SSSR count). The molecule has 0 N–H and O–H groups in total. The first-order valence-electron chi connectivity index (χ1n) is 5.91. The van der Waals surface area contributed by atoms with E-state index in [1.807, 2.05) is 32.2 Å². The summed E-state index contributed by atoms with van der Waals surface area (Å²) in [5.74, 6) is 0. The van der Waals surface area contributed by atoms with E-state index in [0.717, 1.165) is 13.0 Å². The lowest BCUT2D eigenvalue weighted by Crippen LogP contribution is -2.22. The highest BCUT2D eigenvalue weighted by Crippen LogP contribution is 1.96.